The van der Waals surface area contributed by atoms with Crippen molar-refractivity contribution >= 4 is 8.32 Å². The van der Waals surface area contributed by atoms with Gasteiger partial charge in [0.05, 0.1) is 12.7 Å². The van der Waals surface area contributed by atoms with Gasteiger partial charge in [-0.05, 0) is 45.3 Å². The Morgan fingerprint density at radius 3 is 2.00 bits per heavy atom. The van der Waals surface area contributed by atoms with E-state index in [-0.39, 0.29) is 29.3 Å². The van der Waals surface area contributed by atoms with Crippen molar-refractivity contribution in [3.63, 3.8) is 0 Å². The van der Waals surface area contributed by atoms with Crippen LogP contribution in [0.4, 0.5) is 0 Å². The Labute approximate surface area is 120 Å². The minimum Gasteiger partial charge on any atom is -0.413 e. The molecule has 114 valence electrons. The monoisotopic (exact) mass is 287 g/mol. The Morgan fingerprint density at radius 1 is 1.16 bits per heavy atom. The number of nitrogens with zero attached hydrogens (tertiary/aromatic N) is 1. The molecule has 1 aliphatic heterocycles. The summed E-state index contributed by atoms with van der Waals surface area (Å²) in [4.78, 5) is 2.39. The van der Waals surface area contributed by atoms with E-state index in [0.29, 0.717) is 0 Å². The Bertz CT molecular complexity index is 304. The molecule has 1 N–H and O–H groups in total. The quantitative estimate of drug-likeness (QED) is 0.809. The van der Waals surface area contributed by atoms with Gasteiger partial charge < -0.3 is 9.53 Å². The maximum Gasteiger partial charge on any atom is 0.192 e. The molecule has 0 bridgehead atoms. The molecule has 0 radical (unpaired) electrons. The zero-order valence-corrected chi connectivity index (χ0v) is 15.1. The first kappa shape index (κ1) is 17.1. The number of rotatable bonds is 3. The van der Waals surface area contributed by atoms with E-state index in [2.05, 4.69) is 59.5 Å². The van der Waals surface area contributed by atoms with Crippen molar-refractivity contribution in [1.29, 1.82) is 0 Å². The molecule has 0 unspecified atom stereocenters. The van der Waals surface area contributed by atoms with E-state index in [9.17, 15) is 5.11 Å². The van der Waals surface area contributed by atoms with Crippen LogP contribution in [-0.2, 0) is 4.43 Å². The molecule has 3 nitrogen and oxygen atoms in total. The smallest absolute Gasteiger partial charge is 0.192 e. The number of likely N-dealkylation sites (tertiary alicyclic amines) is 1. The predicted molar refractivity (Wildman–Crippen MR) is 84.0 cm³/mol. The van der Waals surface area contributed by atoms with Gasteiger partial charge in [0.1, 0.15) is 0 Å². The Balaban J connectivity index is 2.74. The maximum absolute atomic E-state index is 9.59. The molecule has 1 saturated heterocycles. The first-order chi connectivity index (χ1) is 8.38. The van der Waals surface area contributed by atoms with E-state index >= 15 is 0 Å². The van der Waals surface area contributed by atoms with Crippen molar-refractivity contribution in [3.8, 4) is 0 Å². The summed E-state index contributed by atoms with van der Waals surface area (Å²) >= 11 is 0. The van der Waals surface area contributed by atoms with Crippen molar-refractivity contribution in [3.05, 3.63) is 0 Å². The van der Waals surface area contributed by atoms with Crippen molar-refractivity contribution in [2.45, 2.75) is 83.8 Å². The van der Waals surface area contributed by atoms with Gasteiger partial charge >= 0.3 is 0 Å². The van der Waals surface area contributed by atoms with Crippen LogP contribution in [0.1, 0.15) is 48.0 Å². The van der Waals surface area contributed by atoms with Crippen LogP contribution in [0.25, 0.3) is 0 Å². The van der Waals surface area contributed by atoms with E-state index in [0.717, 1.165) is 13.0 Å². The average Bonchev–Trinajstić information content (AvgIpc) is 2.57. The van der Waals surface area contributed by atoms with Gasteiger partial charge in [0.25, 0.3) is 0 Å². The van der Waals surface area contributed by atoms with Gasteiger partial charge in [-0.1, -0.05) is 20.8 Å². The van der Waals surface area contributed by atoms with Crippen LogP contribution in [0.2, 0.25) is 18.1 Å². The Hall–Kier alpha value is 0.0969. The minimum atomic E-state index is -1.71. The molecule has 4 heteroatoms. The van der Waals surface area contributed by atoms with E-state index in [1.54, 1.807) is 0 Å². The molecule has 1 heterocycles. The number of hydrogen-bond acceptors (Lipinski definition) is 3. The maximum atomic E-state index is 9.59. The molecule has 0 amide bonds. The summed E-state index contributed by atoms with van der Waals surface area (Å²) in [6.07, 6.45) is 1.23. The van der Waals surface area contributed by atoms with Crippen molar-refractivity contribution in [2.75, 3.05) is 13.2 Å². The van der Waals surface area contributed by atoms with E-state index < -0.39 is 8.32 Å². The van der Waals surface area contributed by atoms with Gasteiger partial charge in [-0.3, -0.25) is 4.90 Å². The molecule has 0 spiro atoms. The number of aliphatic hydroxyl groups excluding tert-OH is 1. The summed E-state index contributed by atoms with van der Waals surface area (Å²) in [5.41, 5.74) is 0.0962. The van der Waals surface area contributed by atoms with Crippen molar-refractivity contribution in [2.24, 2.45) is 0 Å². The molecule has 1 fully saturated rings. The molecule has 2 atom stereocenters. The van der Waals surface area contributed by atoms with Crippen LogP contribution < -0.4 is 0 Å². The Morgan fingerprint density at radius 2 is 1.68 bits per heavy atom. The first-order valence-electron chi connectivity index (χ1n) is 7.44. The molecular weight excluding hydrogens is 254 g/mol. The highest BCUT2D eigenvalue weighted by atomic mass is 28.4. The van der Waals surface area contributed by atoms with Gasteiger partial charge in [-0.2, -0.15) is 0 Å². The SMILES string of the molecule is CC(C)(C)N1C[C@H](O[Si](C)(C)C(C)(C)C)C[C@@H]1CO. The molecule has 0 saturated carbocycles. The third kappa shape index (κ3) is 4.03. The molecule has 0 aromatic carbocycles. The highest BCUT2D eigenvalue weighted by molar-refractivity contribution is 6.74. The highest BCUT2D eigenvalue weighted by Gasteiger charge is 2.44. The number of hydrogen-bond donors (Lipinski definition) is 1. The lowest BCUT2D eigenvalue weighted by Crippen LogP contribution is -2.47. The second kappa shape index (κ2) is 5.47. The molecule has 1 rings (SSSR count). The van der Waals surface area contributed by atoms with E-state index in [1.807, 2.05) is 0 Å². The zero-order valence-electron chi connectivity index (χ0n) is 14.1. The molecule has 19 heavy (non-hydrogen) atoms. The molecule has 1 aliphatic rings. The van der Waals surface area contributed by atoms with Crippen LogP contribution in [0.15, 0.2) is 0 Å². The van der Waals surface area contributed by atoms with Crippen molar-refractivity contribution < 1.29 is 9.53 Å². The lowest BCUT2D eigenvalue weighted by atomic mass is 10.1. The standard InChI is InChI=1S/C15H33NO2Si/c1-14(2,3)16-10-13(9-12(16)11-17)18-19(7,8)15(4,5)6/h12-13,17H,9-11H2,1-8H3/t12-,13-/m1/s1. The fraction of sp³-hybridized carbons (Fsp3) is 1.00. The third-order valence-electron chi connectivity index (χ3n) is 4.72. The van der Waals surface area contributed by atoms with Gasteiger partial charge in [0.15, 0.2) is 8.32 Å². The van der Waals surface area contributed by atoms with Crippen LogP contribution in [-0.4, -0.2) is 49.2 Å². The van der Waals surface area contributed by atoms with Crippen molar-refractivity contribution in [1.82, 2.24) is 4.90 Å². The summed E-state index contributed by atoms with van der Waals surface area (Å²) in [5.74, 6) is 0. The third-order valence-corrected chi connectivity index (χ3v) is 9.25. The molecule has 0 aromatic heterocycles. The van der Waals surface area contributed by atoms with Gasteiger partial charge in [-0.15, -0.1) is 0 Å². The topological polar surface area (TPSA) is 32.7 Å². The van der Waals surface area contributed by atoms with E-state index in [4.69, 9.17) is 4.43 Å². The normalized spacial score (nSPS) is 27.0. The van der Waals surface area contributed by atoms with Crippen LogP contribution in [0, 0.1) is 0 Å². The van der Waals surface area contributed by atoms with Crippen LogP contribution >= 0.6 is 0 Å². The molecule has 0 aromatic rings. The summed E-state index contributed by atoms with van der Waals surface area (Å²) in [6.45, 7) is 19.3. The lowest BCUT2D eigenvalue weighted by molar-refractivity contribution is 0.0756. The second-order valence-corrected chi connectivity index (χ2v) is 13.2. The number of aliphatic hydroxyl groups is 1. The fourth-order valence-corrected chi connectivity index (χ4v) is 3.90. The highest BCUT2D eigenvalue weighted by Crippen LogP contribution is 2.39. The predicted octanol–water partition coefficient (Wildman–Crippen LogP) is 3.24. The van der Waals surface area contributed by atoms with Gasteiger partial charge in [0.2, 0.25) is 0 Å². The van der Waals surface area contributed by atoms with Crippen LogP contribution in [0.5, 0.6) is 0 Å². The zero-order chi connectivity index (χ0) is 15.1. The van der Waals surface area contributed by atoms with E-state index in [1.165, 1.54) is 0 Å². The average molecular weight is 288 g/mol. The minimum absolute atomic E-state index is 0.0962. The summed E-state index contributed by atoms with van der Waals surface area (Å²) < 4.78 is 6.51. The summed E-state index contributed by atoms with van der Waals surface area (Å²) in [7, 11) is -1.71. The fourth-order valence-electron chi connectivity index (χ4n) is 2.55. The lowest BCUT2D eigenvalue weighted by Gasteiger charge is -2.39. The molecule has 0 aliphatic carbocycles. The van der Waals surface area contributed by atoms with Crippen LogP contribution in [0.3, 0.4) is 0 Å². The second-order valence-electron chi connectivity index (χ2n) is 8.40. The largest absolute Gasteiger partial charge is 0.413 e. The summed E-state index contributed by atoms with van der Waals surface area (Å²) in [5, 5.41) is 9.84. The van der Waals surface area contributed by atoms with Gasteiger partial charge in [-0.25, -0.2) is 0 Å². The Kier molecular flexibility index (Phi) is 4.94. The van der Waals surface area contributed by atoms with Gasteiger partial charge in [0, 0.05) is 18.1 Å². The summed E-state index contributed by atoms with van der Waals surface area (Å²) in [6, 6.07) is 0.245. The first-order valence-corrected chi connectivity index (χ1v) is 10.3. The molecular formula is C15H33NO2Si.